The zero-order chi connectivity index (χ0) is 17.4. The van der Waals surface area contributed by atoms with E-state index in [0.29, 0.717) is 25.9 Å². The van der Waals surface area contributed by atoms with Crippen LogP contribution in [0.5, 0.6) is 0 Å². The molecule has 0 atom stereocenters. The normalized spacial score (nSPS) is 21.1. The van der Waals surface area contributed by atoms with Gasteiger partial charge in [0, 0.05) is 69.7 Å². The van der Waals surface area contributed by atoms with Gasteiger partial charge in [0.15, 0.2) is 5.67 Å². The first-order valence-electron chi connectivity index (χ1n) is 9.30. The van der Waals surface area contributed by atoms with Crippen LogP contribution in [0.4, 0.5) is 4.39 Å². The molecule has 2 aliphatic rings. The van der Waals surface area contributed by atoms with Crippen LogP contribution < -0.4 is 0 Å². The number of amides is 1. The fourth-order valence-corrected chi connectivity index (χ4v) is 4.28. The number of aromatic nitrogens is 1. The highest BCUT2D eigenvalue weighted by atomic mass is 19.1. The molecule has 1 aromatic carbocycles. The first-order chi connectivity index (χ1) is 12.1. The highest BCUT2D eigenvalue weighted by molar-refractivity contribution is 5.85. The number of carbonyl (C=O) groups excluding carboxylic acids is 1. The number of para-hydroxylation sites is 1. The van der Waals surface area contributed by atoms with E-state index < -0.39 is 5.67 Å². The number of halogens is 1. The van der Waals surface area contributed by atoms with Gasteiger partial charge in [-0.25, -0.2) is 4.39 Å². The molecule has 0 saturated carbocycles. The molecule has 25 heavy (non-hydrogen) atoms. The fraction of sp³-hybridized carbons (Fsp3) is 0.550. The lowest BCUT2D eigenvalue weighted by Gasteiger charge is -2.37. The number of alkyl halides is 1. The molecule has 5 heteroatoms. The van der Waals surface area contributed by atoms with Gasteiger partial charge < -0.3 is 9.47 Å². The lowest BCUT2D eigenvalue weighted by Crippen LogP contribution is -2.51. The Morgan fingerprint density at radius 3 is 2.52 bits per heavy atom. The van der Waals surface area contributed by atoms with E-state index in [1.807, 2.05) is 0 Å². The Bertz CT molecular complexity index is 770. The van der Waals surface area contributed by atoms with Gasteiger partial charge in [0.05, 0.1) is 0 Å². The van der Waals surface area contributed by atoms with Crippen LogP contribution in [0.2, 0.25) is 0 Å². The molecule has 2 fully saturated rings. The summed E-state index contributed by atoms with van der Waals surface area (Å²) in [6.45, 7) is 3.54. The number of hydrogen-bond acceptors (Lipinski definition) is 2. The molecule has 2 aromatic rings. The molecule has 0 bridgehead atoms. The number of likely N-dealkylation sites (tertiary alicyclic amines) is 2. The standard InChI is InChI=1S/C20H26FN3O/c1-22-14-16(17-6-2-3-7-18(17)22)15-23-12-8-20(21,9-13-23)19(25)24-10-4-5-11-24/h2-3,6-7,14H,4-5,8-13,15H2,1H3. The second kappa shape index (κ2) is 6.45. The van der Waals surface area contributed by atoms with Crippen molar-refractivity contribution in [3.63, 3.8) is 0 Å². The monoisotopic (exact) mass is 343 g/mol. The van der Waals surface area contributed by atoms with E-state index in [0.717, 1.165) is 32.5 Å². The van der Waals surface area contributed by atoms with Gasteiger partial charge in [0.1, 0.15) is 0 Å². The highest BCUT2D eigenvalue weighted by Gasteiger charge is 2.44. The number of fused-ring (bicyclic) bond motifs is 1. The molecule has 4 nitrogen and oxygen atoms in total. The fourth-order valence-electron chi connectivity index (χ4n) is 4.28. The maximum Gasteiger partial charge on any atom is 0.260 e. The van der Waals surface area contributed by atoms with E-state index in [1.165, 1.54) is 16.5 Å². The zero-order valence-electron chi connectivity index (χ0n) is 14.9. The average Bonchev–Trinajstić information content (AvgIpc) is 3.26. The van der Waals surface area contributed by atoms with Crippen LogP contribution in [-0.4, -0.2) is 52.1 Å². The van der Waals surface area contributed by atoms with Crippen molar-refractivity contribution in [2.24, 2.45) is 7.05 Å². The van der Waals surface area contributed by atoms with Gasteiger partial charge in [-0.1, -0.05) is 18.2 Å². The van der Waals surface area contributed by atoms with Crippen LogP contribution >= 0.6 is 0 Å². The number of hydrogen-bond donors (Lipinski definition) is 0. The van der Waals surface area contributed by atoms with E-state index in [9.17, 15) is 4.79 Å². The third-order valence-corrected chi connectivity index (χ3v) is 5.80. The van der Waals surface area contributed by atoms with E-state index in [4.69, 9.17) is 0 Å². The Morgan fingerprint density at radius 1 is 1.12 bits per heavy atom. The largest absolute Gasteiger partial charge is 0.350 e. The number of carbonyl (C=O) groups is 1. The zero-order valence-corrected chi connectivity index (χ0v) is 14.9. The Labute approximate surface area is 148 Å². The number of nitrogens with zero attached hydrogens (tertiary/aromatic N) is 3. The van der Waals surface area contributed by atoms with E-state index >= 15 is 4.39 Å². The van der Waals surface area contributed by atoms with Crippen molar-refractivity contribution in [2.45, 2.75) is 37.9 Å². The van der Waals surface area contributed by atoms with Crippen LogP contribution in [0.25, 0.3) is 10.9 Å². The Balaban J connectivity index is 1.42. The minimum Gasteiger partial charge on any atom is -0.350 e. The summed E-state index contributed by atoms with van der Waals surface area (Å²) in [5, 5.41) is 1.26. The second-order valence-corrected chi connectivity index (χ2v) is 7.52. The van der Waals surface area contributed by atoms with Crippen LogP contribution in [0, 0.1) is 0 Å². The lowest BCUT2D eigenvalue weighted by molar-refractivity contribution is -0.146. The van der Waals surface area contributed by atoms with Crippen molar-refractivity contribution < 1.29 is 9.18 Å². The van der Waals surface area contributed by atoms with Gasteiger partial charge in [-0.15, -0.1) is 0 Å². The maximum atomic E-state index is 15.2. The summed E-state index contributed by atoms with van der Waals surface area (Å²) in [6, 6.07) is 8.37. The summed E-state index contributed by atoms with van der Waals surface area (Å²) < 4.78 is 17.3. The molecule has 0 spiro atoms. The first kappa shape index (κ1) is 16.6. The molecule has 2 aliphatic heterocycles. The van der Waals surface area contributed by atoms with E-state index in [2.05, 4.69) is 47.0 Å². The second-order valence-electron chi connectivity index (χ2n) is 7.52. The van der Waals surface area contributed by atoms with Gasteiger partial charge in [-0.2, -0.15) is 0 Å². The Kier molecular flexibility index (Phi) is 4.28. The first-order valence-corrected chi connectivity index (χ1v) is 9.30. The summed E-state index contributed by atoms with van der Waals surface area (Å²) in [5.74, 6) is -0.269. The number of benzene rings is 1. The molecule has 4 rings (SSSR count). The smallest absolute Gasteiger partial charge is 0.260 e. The molecule has 1 amide bonds. The van der Waals surface area contributed by atoms with Crippen molar-refractivity contribution in [3.05, 3.63) is 36.0 Å². The third-order valence-electron chi connectivity index (χ3n) is 5.80. The van der Waals surface area contributed by atoms with Crippen LogP contribution in [0.15, 0.2) is 30.5 Å². The summed E-state index contributed by atoms with van der Waals surface area (Å²) in [7, 11) is 2.06. The minimum atomic E-state index is -1.65. The van der Waals surface area contributed by atoms with Crippen molar-refractivity contribution in [1.29, 1.82) is 0 Å². The SMILES string of the molecule is Cn1cc(CN2CCC(F)(C(=O)N3CCCC3)CC2)c2ccccc21. The van der Waals surface area contributed by atoms with E-state index in [-0.39, 0.29) is 5.91 Å². The van der Waals surface area contributed by atoms with Crippen molar-refractivity contribution in [1.82, 2.24) is 14.4 Å². The molecular weight excluding hydrogens is 317 g/mol. The third kappa shape index (κ3) is 3.06. The van der Waals surface area contributed by atoms with Crippen molar-refractivity contribution >= 4 is 16.8 Å². The molecular formula is C20H26FN3O. The predicted molar refractivity (Wildman–Crippen MR) is 97.1 cm³/mol. The molecule has 0 unspecified atom stereocenters. The van der Waals surface area contributed by atoms with Gasteiger partial charge in [0.2, 0.25) is 0 Å². The Hall–Kier alpha value is -1.88. The van der Waals surface area contributed by atoms with Gasteiger partial charge >= 0.3 is 0 Å². The summed E-state index contributed by atoms with van der Waals surface area (Å²) in [5.41, 5.74) is 0.841. The van der Waals surface area contributed by atoms with Gasteiger partial charge in [-0.3, -0.25) is 9.69 Å². The summed E-state index contributed by atoms with van der Waals surface area (Å²) >= 11 is 0. The Morgan fingerprint density at radius 2 is 1.80 bits per heavy atom. The molecule has 0 aliphatic carbocycles. The summed E-state index contributed by atoms with van der Waals surface area (Å²) in [6.07, 6.45) is 4.81. The van der Waals surface area contributed by atoms with Crippen LogP contribution in [0.3, 0.4) is 0 Å². The number of rotatable bonds is 3. The van der Waals surface area contributed by atoms with Crippen LogP contribution in [0.1, 0.15) is 31.2 Å². The maximum absolute atomic E-state index is 15.2. The van der Waals surface area contributed by atoms with E-state index in [1.54, 1.807) is 4.90 Å². The van der Waals surface area contributed by atoms with Gasteiger partial charge in [-0.05, 0) is 24.5 Å². The quantitative estimate of drug-likeness (QED) is 0.857. The number of aryl methyl sites for hydroxylation is 1. The predicted octanol–water partition coefficient (Wildman–Crippen LogP) is 3.10. The van der Waals surface area contributed by atoms with Gasteiger partial charge in [0.25, 0.3) is 5.91 Å². The molecule has 1 aromatic heterocycles. The summed E-state index contributed by atoms with van der Waals surface area (Å²) in [4.78, 5) is 16.5. The average molecular weight is 343 g/mol. The topological polar surface area (TPSA) is 28.5 Å². The minimum absolute atomic E-state index is 0.269. The van der Waals surface area contributed by atoms with Crippen molar-refractivity contribution in [2.75, 3.05) is 26.2 Å². The molecule has 0 radical (unpaired) electrons. The molecule has 0 N–H and O–H groups in total. The van der Waals surface area contributed by atoms with Crippen molar-refractivity contribution in [3.8, 4) is 0 Å². The number of piperidine rings is 1. The molecule has 3 heterocycles. The highest BCUT2D eigenvalue weighted by Crippen LogP contribution is 2.31. The molecule has 134 valence electrons. The van der Waals surface area contributed by atoms with Crippen LogP contribution in [-0.2, 0) is 18.4 Å². The molecule has 2 saturated heterocycles. The lowest BCUT2D eigenvalue weighted by atomic mass is 9.91.